The molecule has 2 aliphatic carbocycles. The Morgan fingerprint density at radius 2 is 1.89 bits per heavy atom. The molecule has 0 unspecified atom stereocenters. The number of nitrogens with one attached hydrogen (secondary N) is 1. The second-order valence-electron chi connectivity index (χ2n) is 6.17. The molecule has 2 saturated carbocycles. The van der Waals surface area contributed by atoms with Crippen molar-refractivity contribution in [2.24, 2.45) is 17.1 Å². The van der Waals surface area contributed by atoms with E-state index in [1.165, 1.54) is 25.7 Å². The number of ether oxygens (including phenoxy) is 1. The molecule has 0 aromatic heterocycles. The van der Waals surface area contributed by atoms with E-state index in [0.717, 1.165) is 38.2 Å². The predicted molar refractivity (Wildman–Crippen MR) is 75.7 cm³/mol. The van der Waals surface area contributed by atoms with Crippen LogP contribution in [-0.4, -0.2) is 32.2 Å². The lowest BCUT2D eigenvalue weighted by atomic mass is 9.79. The molecule has 1 amide bonds. The second kappa shape index (κ2) is 7.25. The third kappa shape index (κ3) is 4.46. The maximum Gasteiger partial charge on any atom is 0.227 e. The first-order chi connectivity index (χ1) is 9.27. The van der Waals surface area contributed by atoms with Gasteiger partial charge in [0.1, 0.15) is 0 Å². The molecule has 0 aliphatic heterocycles. The Bertz CT molecular complexity index is 282. The zero-order chi connectivity index (χ0) is 13.6. The summed E-state index contributed by atoms with van der Waals surface area (Å²) in [6.45, 7) is 2.58. The van der Waals surface area contributed by atoms with Crippen LogP contribution >= 0.6 is 0 Å². The summed E-state index contributed by atoms with van der Waals surface area (Å²) < 4.78 is 5.54. The Labute approximate surface area is 116 Å². The molecule has 0 atom stereocenters. The van der Waals surface area contributed by atoms with E-state index in [9.17, 15) is 4.79 Å². The van der Waals surface area contributed by atoms with E-state index in [-0.39, 0.29) is 11.3 Å². The molecule has 0 aromatic carbocycles. The van der Waals surface area contributed by atoms with Gasteiger partial charge in [-0.3, -0.25) is 4.79 Å². The highest BCUT2D eigenvalue weighted by Gasteiger charge is 2.36. The van der Waals surface area contributed by atoms with Crippen molar-refractivity contribution in [1.82, 2.24) is 5.32 Å². The van der Waals surface area contributed by atoms with Gasteiger partial charge < -0.3 is 15.8 Å². The van der Waals surface area contributed by atoms with Crippen LogP contribution in [0.4, 0.5) is 0 Å². The summed E-state index contributed by atoms with van der Waals surface area (Å²) >= 11 is 0. The van der Waals surface area contributed by atoms with Gasteiger partial charge in [-0.15, -0.1) is 0 Å². The molecule has 0 saturated heterocycles. The van der Waals surface area contributed by atoms with Gasteiger partial charge >= 0.3 is 0 Å². The first-order valence-electron chi connectivity index (χ1n) is 7.83. The fraction of sp³-hybridized carbons (Fsp3) is 0.933. The summed E-state index contributed by atoms with van der Waals surface area (Å²) in [7, 11) is 0. The summed E-state index contributed by atoms with van der Waals surface area (Å²) in [6.07, 6.45) is 9.23. The summed E-state index contributed by atoms with van der Waals surface area (Å²) in [6, 6.07) is 0. The molecule has 0 bridgehead atoms. The number of amides is 1. The Morgan fingerprint density at radius 1 is 1.21 bits per heavy atom. The first kappa shape index (κ1) is 14.8. The number of hydrogen-bond donors (Lipinski definition) is 2. The third-order valence-electron chi connectivity index (χ3n) is 4.52. The summed E-state index contributed by atoms with van der Waals surface area (Å²) in [4.78, 5) is 12.4. The van der Waals surface area contributed by atoms with Crippen molar-refractivity contribution in [1.29, 1.82) is 0 Å². The summed E-state index contributed by atoms with van der Waals surface area (Å²) in [5.74, 6) is 0.930. The van der Waals surface area contributed by atoms with Gasteiger partial charge in [0.15, 0.2) is 0 Å². The van der Waals surface area contributed by atoms with Crippen LogP contribution in [0.15, 0.2) is 0 Å². The van der Waals surface area contributed by atoms with Gasteiger partial charge in [-0.2, -0.15) is 0 Å². The minimum atomic E-state index is -0.313. The van der Waals surface area contributed by atoms with Crippen molar-refractivity contribution in [3.8, 4) is 0 Å². The lowest BCUT2D eigenvalue weighted by molar-refractivity contribution is -0.131. The van der Waals surface area contributed by atoms with Gasteiger partial charge in [-0.1, -0.05) is 25.7 Å². The monoisotopic (exact) mass is 268 g/mol. The molecular formula is C15H28N2O2. The largest absolute Gasteiger partial charge is 0.379 e. The lowest BCUT2D eigenvalue weighted by Crippen LogP contribution is -2.46. The van der Waals surface area contributed by atoms with Gasteiger partial charge in [0, 0.05) is 19.7 Å². The van der Waals surface area contributed by atoms with Crippen molar-refractivity contribution >= 4 is 5.91 Å². The topological polar surface area (TPSA) is 64.4 Å². The van der Waals surface area contributed by atoms with Crippen molar-refractivity contribution in [3.05, 3.63) is 0 Å². The molecular weight excluding hydrogens is 240 g/mol. The van der Waals surface area contributed by atoms with Crippen LogP contribution in [0.25, 0.3) is 0 Å². The quantitative estimate of drug-likeness (QED) is 0.547. The number of hydrogen-bond acceptors (Lipinski definition) is 3. The lowest BCUT2D eigenvalue weighted by Gasteiger charge is -2.29. The van der Waals surface area contributed by atoms with Gasteiger partial charge in [-0.25, -0.2) is 0 Å². The Hall–Kier alpha value is -0.610. The van der Waals surface area contributed by atoms with Crippen LogP contribution in [-0.2, 0) is 9.53 Å². The van der Waals surface area contributed by atoms with E-state index in [1.807, 2.05) is 0 Å². The standard InChI is InChI=1S/C15H28N2O2/c16-12-15(7-3-1-2-4-8-15)14(18)17-9-10-19-11-13-5-6-13/h13H,1-12,16H2,(H,17,18). The minimum absolute atomic E-state index is 0.145. The Morgan fingerprint density at radius 3 is 2.47 bits per heavy atom. The highest BCUT2D eigenvalue weighted by atomic mass is 16.5. The molecule has 3 N–H and O–H groups in total. The molecule has 0 spiro atoms. The minimum Gasteiger partial charge on any atom is -0.379 e. The van der Waals surface area contributed by atoms with E-state index in [0.29, 0.717) is 19.7 Å². The van der Waals surface area contributed by atoms with Crippen LogP contribution in [0.1, 0.15) is 51.4 Å². The van der Waals surface area contributed by atoms with E-state index in [1.54, 1.807) is 0 Å². The molecule has 110 valence electrons. The average Bonchev–Trinajstić information content (AvgIpc) is 3.25. The van der Waals surface area contributed by atoms with Crippen LogP contribution in [0, 0.1) is 11.3 Å². The molecule has 2 fully saturated rings. The normalized spacial score (nSPS) is 22.8. The number of rotatable bonds is 7. The highest BCUT2D eigenvalue weighted by Crippen LogP contribution is 2.34. The van der Waals surface area contributed by atoms with Crippen molar-refractivity contribution in [2.75, 3.05) is 26.3 Å². The van der Waals surface area contributed by atoms with Crippen molar-refractivity contribution in [3.63, 3.8) is 0 Å². The Kier molecular flexibility index (Phi) is 5.64. The van der Waals surface area contributed by atoms with E-state index in [4.69, 9.17) is 10.5 Å². The smallest absolute Gasteiger partial charge is 0.227 e. The summed E-state index contributed by atoms with van der Waals surface area (Å²) in [5.41, 5.74) is 5.58. The van der Waals surface area contributed by atoms with Crippen LogP contribution in [0.3, 0.4) is 0 Å². The van der Waals surface area contributed by atoms with E-state index >= 15 is 0 Å². The Balaban J connectivity index is 1.68. The first-order valence-corrected chi connectivity index (χ1v) is 7.83. The fourth-order valence-electron chi connectivity index (χ4n) is 2.89. The van der Waals surface area contributed by atoms with Gasteiger partial charge in [-0.05, 0) is 31.6 Å². The third-order valence-corrected chi connectivity index (χ3v) is 4.52. The zero-order valence-corrected chi connectivity index (χ0v) is 12.0. The number of carbonyl (C=O) groups is 1. The molecule has 19 heavy (non-hydrogen) atoms. The molecule has 0 heterocycles. The van der Waals surface area contributed by atoms with E-state index < -0.39 is 0 Å². The van der Waals surface area contributed by atoms with Crippen LogP contribution in [0.2, 0.25) is 0 Å². The van der Waals surface area contributed by atoms with Crippen LogP contribution in [0.5, 0.6) is 0 Å². The maximum absolute atomic E-state index is 12.4. The number of carbonyl (C=O) groups excluding carboxylic acids is 1. The zero-order valence-electron chi connectivity index (χ0n) is 12.0. The molecule has 2 aliphatic rings. The highest BCUT2D eigenvalue weighted by molar-refractivity contribution is 5.82. The van der Waals surface area contributed by atoms with Crippen LogP contribution < -0.4 is 11.1 Å². The molecule has 0 radical (unpaired) electrons. The van der Waals surface area contributed by atoms with Gasteiger partial charge in [0.2, 0.25) is 5.91 Å². The van der Waals surface area contributed by atoms with Gasteiger partial charge in [0.05, 0.1) is 12.0 Å². The predicted octanol–water partition coefficient (Wildman–Crippen LogP) is 1.83. The molecule has 4 heteroatoms. The molecule has 4 nitrogen and oxygen atoms in total. The van der Waals surface area contributed by atoms with Crippen molar-refractivity contribution < 1.29 is 9.53 Å². The van der Waals surface area contributed by atoms with Gasteiger partial charge in [0.25, 0.3) is 0 Å². The average molecular weight is 268 g/mol. The van der Waals surface area contributed by atoms with Crippen molar-refractivity contribution in [2.45, 2.75) is 51.4 Å². The molecule has 2 rings (SSSR count). The fourth-order valence-corrected chi connectivity index (χ4v) is 2.89. The van der Waals surface area contributed by atoms with E-state index in [2.05, 4.69) is 5.32 Å². The second-order valence-corrected chi connectivity index (χ2v) is 6.17. The maximum atomic E-state index is 12.4. The SMILES string of the molecule is NCC1(C(=O)NCCOCC2CC2)CCCCCC1. The molecule has 0 aromatic rings. The summed E-state index contributed by atoms with van der Waals surface area (Å²) in [5, 5.41) is 3.02. The number of nitrogens with two attached hydrogens (primary N) is 1.